The van der Waals surface area contributed by atoms with Crippen LogP contribution in [0.5, 0.6) is 0 Å². The number of anilines is 3. The molecule has 0 amide bonds. The summed E-state index contributed by atoms with van der Waals surface area (Å²) < 4.78 is 13.3. The molecule has 4 nitrogen and oxygen atoms in total. The van der Waals surface area contributed by atoms with Gasteiger partial charge in [-0.25, -0.2) is 0 Å². The molecule has 1 aliphatic carbocycles. The van der Waals surface area contributed by atoms with Crippen molar-refractivity contribution in [1.82, 2.24) is 0 Å². The van der Waals surface area contributed by atoms with Crippen LogP contribution in [0.15, 0.2) is 121 Å². The van der Waals surface area contributed by atoms with E-state index in [0.29, 0.717) is 6.42 Å². The molecule has 51 heavy (non-hydrogen) atoms. The molecule has 0 bridgehead atoms. The lowest BCUT2D eigenvalue weighted by molar-refractivity contribution is 0.00578. The van der Waals surface area contributed by atoms with Gasteiger partial charge < -0.3 is 19.1 Å². The van der Waals surface area contributed by atoms with Gasteiger partial charge >= 0.3 is 7.12 Å². The van der Waals surface area contributed by atoms with Crippen LogP contribution in [0.25, 0.3) is 11.1 Å². The van der Waals surface area contributed by atoms with E-state index in [9.17, 15) is 0 Å². The average molecular weight is 685 g/mol. The highest BCUT2D eigenvalue weighted by atomic mass is 16.7. The predicted octanol–water partition coefficient (Wildman–Crippen LogP) is 11.8. The number of benzene rings is 3. The van der Waals surface area contributed by atoms with Gasteiger partial charge in [-0.2, -0.15) is 0 Å². The summed E-state index contributed by atoms with van der Waals surface area (Å²) >= 11 is 0. The zero-order valence-electron chi connectivity index (χ0n) is 33.4. The molecule has 0 N–H and O–H groups in total. The molecule has 1 unspecified atom stereocenters. The van der Waals surface area contributed by atoms with Crippen molar-refractivity contribution in [2.75, 3.05) is 16.8 Å². The molecule has 5 heteroatoms. The molecule has 0 radical (unpaired) electrons. The Bertz CT molecular complexity index is 1720. The minimum absolute atomic E-state index is 0.0562. The molecular formula is C46H61BN2O2. The number of hydrogen-bond acceptors (Lipinski definition) is 4. The minimum Gasteiger partial charge on any atom is -0.399 e. The Morgan fingerprint density at radius 3 is 2.12 bits per heavy atom. The molecule has 1 fully saturated rings. The highest BCUT2D eigenvalue weighted by molar-refractivity contribution is 6.62. The lowest BCUT2D eigenvalue weighted by Crippen LogP contribution is -2.41. The van der Waals surface area contributed by atoms with Crippen LogP contribution in [-0.4, -0.2) is 31.4 Å². The first-order chi connectivity index (χ1) is 24.6. The maximum absolute atomic E-state index is 6.65. The summed E-state index contributed by atoms with van der Waals surface area (Å²) in [6.45, 7) is 23.0. The quantitative estimate of drug-likeness (QED) is 0.121. The van der Waals surface area contributed by atoms with Crippen molar-refractivity contribution in [2.24, 2.45) is 0 Å². The van der Waals surface area contributed by atoms with Gasteiger partial charge in [-0.15, -0.1) is 0 Å². The largest absolute Gasteiger partial charge is 0.494 e. The number of rotatable bonds is 10. The minimum atomic E-state index is -0.510. The van der Waals surface area contributed by atoms with Gasteiger partial charge in [0.15, 0.2) is 0 Å². The zero-order valence-corrected chi connectivity index (χ0v) is 33.4. The third-order valence-corrected chi connectivity index (χ3v) is 9.53. The zero-order chi connectivity index (χ0) is 37.6. The van der Waals surface area contributed by atoms with Crippen molar-refractivity contribution < 1.29 is 9.31 Å². The average Bonchev–Trinajstić information content (AvgIpc) is 3.37. The first kappa shape index (κ1) is 41.2. The van der Waals surface area contributed by atoms with Crippen molar-refractivity contribution in [3.05, 3.63) is 121 Å². The maximum atomic E-state index is 6.65. The van der Waals surface area contributed by atoms with Crippen molar-refractivity contribution in [3.63, 3.8) is 0 Å². The fraction of sp³-hybridized carbons (Fsp3) is 0.391. The van der Waals surface area contributed by atoms with Crippen molar-refractivity contribution in [3.8, 4) is 23.0 Å². The summed E-state index contributed by atoms with van der Waals surface area (Å²) in [5.41, 5.74) is 8.20. The molecule has 1 heterocycles. The fourth-order valence-corrected chi connectivity index (χ4v) is 6.14. The Morgan fingerprint density at radius 1 is 0.843 bits per heavy atom. The number of para-hydroxylation sites is 1. The van der Waals surface area contributed by atoms with E-state index in [1.165, 1.54) is 22.4 Å². The van der Waals surface area contributed by atoms with E-state index in [1.54, 1.807) is 0 Å². The lowest BCUT2D eigenvalue weighted by atomic mass is 9.78. The van der Waals surface area contributed by atoms with E-state index in [2.05, 4.69) is 179 Å². The van der Waals surface area contributed by atoms with Gasteiger partial charge in [0, 0.05) is 54.3 Å². The second-order valence-electron chi connectivity index (χ2n) is 13.3. The molecule has 1 aliphatic heterocycles. The second kappa shape index (κ2) is 19.4. The third-order valence-electron chi connectivity index (χ3n) is 9.53. The fourth-order valence-electron chi connectivity index (χ4n) is 6.14. The first-order valence-corrected chi connectivity index (χ1v) is 18.9. The molecule has 0 saturated carbocycles. The van der Waals surface area contributed by atoms with E-state index in [1.807, 2.05) is 34.6 Å². The highest BCUT2D eigenvalue weighted by Crippen LogP contribution is 2.40. The molecule has 2 aliphatic rings. The molecule has 5 rings (SSSR count). The normalized spacial score (nSPS) is 18.7. The van der Waals surface area contributed by atoms with Gasteiger partial charge in [-0.3, -0.25) is 0 Å². The van der Waals surface area contributed by atoms with Crippen LogP contribution in [0, 0.1) is 11.8 Å². The van der Waals surface area contributed by atoms with Crippen LogP contribution >= 0.6 is 0 Å². The van der Waals surface area contributed by atoms with Crippen molar-refractivity contribution in [2.45, 2.75) is 113 Å². The van der Waals surface area contributed by atoms with Gasteiger partial charge in [0.2, 0.25) is 0 Å². The Hall–Kier alpha value is -4.24. The molecule has 1 saturated heterocycles. The van der Waals surface area contributed by atoms with Crippen LogP contribution in [0.4, 0.5) is 17.1 Å². The van der Waals surface area contributed by atoms with E-state index in [4.69, 9.17) is 9.31 Å². The van der Waals surface area contributed by atoms with Crippen LogP contribution in [-0.2, 0) is 9.31 Å². The van der Waals surface area contributed by atoms with Crippen molar-refractivity contribution >= 4 is 29.6 Å². The summed E-state index contributed by atoms with van der Waals surface area (Å²) in [5.74, 6) is 6.79. The number of allylic oxidation sites excluding steroid dienone is 7. The summed E-state index contributed by atoms with van der Waals surface area (Å²) in [4.78, 5) is 4.74. The number of nitrogens with zero attached hydrogens (tertiary/aromatic N) is 2. The van der Waals surface area contributed by atoms with Gasteiger partial charge in [0.25, 0.3) is 0 Å². The Morgan fingerprint density at radius 2 is 1.47 bits per heavy atom. The Balaban J connectivity index is 0.00000169. The summed E-state index contributed by atoms with van der Waals surface area (Å²) in [7, 11) is 1.64. The predicted molar refractivity (Wildman–Crippen MR) is 224 cm³/mol. The monoisotopic (exact) mass is 684 g/mol. The Kier molecular flexibility index (Phi) is 15.7. The van der Waals surface area contributed by atoms with E-state index < -0.39 is 18.3 Å². The first-order valence-electron chi connectivity index (χ1n) is 18.9. The maximum Gasteiger partial charge on any atom is 0.494 e. The van der Waals surface area contributed by atoms with Crippen LogP contribution in [0.2, 0.25) is 0 Å². The SMILES string of the molecule is C/C=C\C=C/C(C)N(/C1=C(CC)/C=C\CC#CC1)c1cc(B2OC(C)(C)C(C)(C)O2)cc(N(C)c2ccccc2-c2ccccc2)c1.CC.CC. The summed E-state index contributed by atoms with van der Waals surface area (Å²) in [6, 6.07) is 26.0. The van der Waals surface area contributed by atoms with Crippen LogP contribution in [0.1, 0.15) is 95.4 Å². The molecule has 270 valence electrons. The van der Waals surface area contributed by atoms with Gasteiger partial charge in [-0.05, 0) is 88.8 Å². The highest BCUT2D eigenvalue weighted by Gasteiger charge is 2.52. The lowest BCUT2D eigenvalue weighted by Gasteiger charge is -2.35. The second-order valence-corrected chi connectivity index (χ2v) is 13.3. The smallest absolute Gasteiger partial charge is 0.399 e. The molecule has 1 atom stereocenters. The van der Waals surface area contributed by atoms with Crippen molar-refractivity contribution in [1.29, 1.82) is 0 Å². The van der Waals surface area contributed by atoms with Gasteiger partial charge in [-0.1, -0.05) is 131 Å². The Labute approximate surface area is 311 Å². The van der Waals surface area contributed by atoms with Crippen LogP contribution < -0.4 is 15.3 Å². The molecule has 0 spiro atoms. The third kappa shape index (κ3) is 9.97. The van der Waals surface area contributed by atoms with E-state index in [-0.39, 0.29) is 6.04 Å². The van der Waals surface area contributed by atoms with Gasteiger partial charge in [0.1, 0.15) is 0 Å². The standard InChI is InChI=1S/C42H49BN2O2.2C2H6/c1-9-11-15-22-32(3)45(39-27-19-13-12-16-23-33(39)10-2)37-30-35(43-46-41(4,5)42(6,7)47-43)29-36(31-37)44(8)40-28-21-20-26-38(40)34-24-17-14-18-25-34;2*1-2/h9,11,14-18,20-26,28-32H,10,12,27H2,1-8H3;2*1-2H3/b11-9-,22-15-,23-16-,39-33+;;. The van der Waals surface area contributed by atoms with E-state index >= 15 is 0 Å². The van der Waals surface area contributed by atoms with Gasteiger partial charge in [0.05, 0.1) is 11.2 Å². The molecule has 3 aromatic rings. The number of hydrogen-bond donors (Lipinski definition) is 0. The van der Waals surface area contributed by atoms with Crippen LogP contribution in [0.3, 0.4) is 0 Å². The summed E-state index contributed by atoms with van der Waals surface area (Å²) in [5, 5.41) is 0. The summed E-state index contributed by atoms with van der Waals surface area (Å²) in [6.07, 6.45) is 15.4. The molecule has 3 aromatic carbocycles. The molecular weight excluding hydrogens is 623 g/mol. The van der Waals surface area contributed by atoms with E-state index in [0.717, 1.165) is 35.4 Å². The topological polar surface area (TPSA) is 24.9 Å². The molecule has 0 aromatic heterocycles.